The summed E-state index contributed by atoms with van der Waals surface area (Å²) in [7, 11) is -3.68. The Balaban J connectivity index is 1.30. The summed E-state index contributed by atoms with van der Waals surface area (Å²) >= 11 is 0. The van der Waals surface area contributed by atoms with Gasteiger partial charge in [0, 0.05) is 18.8 Å². The third-order valence-corrected chi connectivity index (χ3v) is 9.60. The Morgan fingerprint density at radius 1 is 1.06 bits per heavy atom. The fraction of sp³-hybridized carbons (Fsp3) is 0.625. The molecule has 1 aromatic carbocycles. The average molecular weight is 489 g/mol. The van der Waals surface area contributed by atoms with Crippen LogP contribution in [-0.4, -0.2) is 60.6 Å². The molecule has 4 aliphatic rings. The van der Waals surface area contributed by atoms with Crippen LogP contribution in [-0.2, 0) is 19.6 Å². The van der Waals surface area contributed by atoms with E-state index in [0.717, 1.165) is 56.3 Å². The van der Waals surface area contributed by atoms with E-state index in [1.165, 1.54) is 10.4 Å². The number of hydrogen-bond donors (Lipinski definition) is 2. The molecular formula is C24H32N4O5S. The molecule has 2 heterocycles. The monoisotopic (exact) mass is 488 g/mol. The number of urea groups is 1. The highest BCUT2D eigenvalue weighted by molar-refractivity contribution is 7.89. The second-order valence-corrected chi connectivity index (χ2v) is 12.0. The largest absolute Gasteiger partial charge is 0.325 e. The van der Waals surface area contributed by atoms with Crippen molar-refractivity contribution in [1.29, 1.82) is 0 Å². The minimum absolute atomic E-state index is 0.161. The van der Waals surface area contributed by atoms with Crippen LogP contribution in [0.4, 0.5) is 10.5 Å². The van der Waals surface area contributed by atoms with Gasteiger partial charge in [0.15, 0.2) is 0 Å². The summed E-state index contributed by atoms with van der Waals surface area (Å²) < 4.78 is 28.1. The first-order chi connectivity index (χ1) is 16.2. The number of imide groups is 1. The van der Waals surface area contributed by atoms with Crippen molar-refractivity contribution >= 4 is 33.6 Å². The molecule has 2 saturated heterocycles. The standard InChI is InChI=1S/C24H32N4O5S/c1-16-6-11-19(14-20(16)34(32,33)27-12-4-2-3-5-13-27)25-21(29)15-28-22(30)24(17-7-8-17,18-9-10-18)26-23(28)31/h6,11,14,17-18H,2-5,7-10,12-13,15H2,1H3,(H,25,29)(H,26,31). The van der Waals surface area contributed by atoms with Crippen LogP contribution < -0.4 is 10.6 Å². The van der Waals surface area contributed by atoms with Crippen LogP contribution in [0, 0.1) is 18.8 Å². The summed E-state index contributed by atoms with van der Waals surface area (Å²) in [6, 6.07) is 4.25. The highest BCUT2D eigenvalue weighted by atomic mass is 32.2. The van der Waals surface area contributed by atoms with E-state index in [2.05, 4.69) is 10.6 Å². The van der Waals surface area contributed by atoms with Crippen LogP contribution in [0.1, 0.15) is 56.9 Å². The Bertz CT molecular complexity index is 1110. The van der Waals surface area contributed by atoms with Crippen molar-refractivity contribution in [2.75, 3.05) is 25.0 Å². The number of carbonyl (C=O) groups is 3. The maximum absolute atomic E-state index is 13.3. The van der Waals surface area contributed by atoms with Crippen LogP contribution in [0.3, 0.4) is 0 Å². The van der Waals surface area contributed by atoms with Crippen LogP contribution in [0.25, 0.3) is 0 Å². The Morgan fingerprint density at radius 3 is 2.26 bits per heavy atom. The number of rotatable bonds is 7. The number of carbonyl (C=O) groups excluding carboxylic acids is 3. The molecule has 2 aliphatic carbocycles. The van der Waals surface area contributed by atoms with Gasteiger partial charge in [-0.3, -0.25) is 14.5 Å². The molecule has 0 bridgehead atoms. The van der Waals surface area contributed by atoms with Crippen molar-refractivity contribution in [2.45, 2.75) is 68.7 Å². The Hall–Kier alpha value is -2.46. The van der Waals surface area contributed by atoms with Gasteiger partial charge < -0.3 is 10.6 Å². The zero-order valence-corrected chi connectivity index (χ0v) is 20.3. The smallest absolute Gasteiger partial charge is 0.324 e. The quantitative estimate of drug-likeness (QED) is 0.573. The SMILES string of the molecule is Cc1ccc(NC(=O)CN2C(=O)NC(C3CC3)(C3CC3)C2=O)cc1S(=O)(=O)N1CCCCCC1. The summed E-state index contributed by atoms with van der Waals surface area (Å²) in [4.78, 5) is 39.8. The fourth-order valence-electron chi connectivity index (χ4n) is 5.44. The lowest BCUT2D eigenvalue weighted by Gasteiger charge is -2.26. The van der Waals surface area contributed by atoms with E-state index in [0.29, 0.717) is 24.3 Å². The van der Waals surface area contributed by atoms with Gasteiger partial charge in [0.2, 0.25) is 15.9 Å². The van der Waals surface area contributed by atoms with Gasteiger partial charge in [0.25, 0.3) is 5.91 Å². The predicted octanol–water partition coefficient (Wildman–Crippen LogP) is 2.61. The molecule has 5 rings (SSSR count). The molecule has 0 aromatic heterocycles. The van der Waals surface area contributed by atoms with Gasteiger partial charge in [-0.15, -0.1) is 0 Å². The van der Waals surface area contributed by atoms with Crippen LogP contribution in [0.2, 0.25) is 0 Å². The van der Waals surface area contributed by atoms with Crippen LogP contribution in [0.5, 0.6) is 0 Å². The lowest BCUT2D eigenvalue weighted by Crippen LogP contribution is -2.51. The van der Waals surface area contributed by atoms with E-state index in [9.17, 15) is 22.8 Å². The predicted molar refractivity (Wildman–Crippen MR) is 125 cm³/mol. The summed E-state index contributed by atoms with van der Waals surface area (Å²) in [6.07, 6.45) is 7.38. The molecule has 1 aromatic rings. The average Bonchev–Trinajstić information content (AvgIpc) is 3.69. The molecule has 0 unspecified atom stereocenters. The summed E-state index contributed by atoms with van der Waals surface area (Å²) in [5.74, 6) is -0.513. The van der Waals surface area contributed by atoms with Gasteiger partial charge in [-0.25, -0.2) is 13.2 Å². The van der Waals surface area contributed by atoms with E-state index < -0.39 is 34.0 Å². The molecule has 184 valence electrons. The molecule has 2 N–H and O–H groups in total. The van der Waals surface area contributed by atoms with Crippen molar-refractivity contribution in [1.82, 2.24) is 14.5 Å². The van der Waals surface area contributed by atoms with Crippen molar-refractivity contribution in [2.24, 2.45) is 11.8 Å². The number of amides is 4. The van der Waals surface area contributed by atoms with Crippen LogP contribution in [0.15, 0.2) is 23.1 Å². The lowest BCUT2D eigenvalue weighted by molar-refractivity contribution is -0.135. The zero-order chi connectivity index (χ0) is 24.1. The molecule has 0 radical (unpaired) electrons. The minimum Gasteiger partial charge on any atom is -0.324 e. The third kappa shape index (κ3) is 4.11. The molecule has 4 fully saturated rings. The van der Waals surface area contributed by atoms with Gasteiger partial charge >= 0.3 is 6.03 Å². The van der Waals surface area contributed by atoms with E-state index in [-0.39, 0.29) is 22.6 Å². The van der Waals surface area contributed by atoms with Gasteiger partial charge in [-0.2, -0.15) is 4.31 Å². The Morgan fingerprint density at radius 2 is 1.68 bits per heavy atom. The van der Waals surface area contributed by atoms with Crippen LogP contribution >= 0.6 is 0 Å². The maximum atomic E-state index is 13.3. The second kappa shape index (κ2) is 8.64. The summed E-state index contributed by atoms with van der Waals surface area (Å²) in [5, 5.41) is 5.60. The van der Waals surface area contributed by atoms with Gasteiger partial charge in [-0.05, 0) is 75.0 Å². The van der Waals surface area contributed by atoms with E-state index in [4.69, 9.17) is 0 Å². The summed E-state index contributed by atoms with van der Waals surface area (Å²) in [5.41, 5.74) is 0.0945. The molecule has 9 nitrogen and oxygen atoms in total. The van der Waals surface area contributed by atoms with Crippen molar-refractivity contribution in [3.8, 4) is 0 Å². The number of nitrogens with zero attached hydrogens (tertiary/aromatic N) is 2. The zero-order valence-electron chi connectivity index (χ0n) is 19.5. The molecule has 0 spiro atoms. The van der Waals surface area contributed by atoms with Gasteiger partial charge in [0.1, 0.15) is 12.1 Å². The van der Waals surface area contributed by atoms with E-state index in [1.54, 1.807) is 19.1 Å². The molecule has 2 aliphatic heterocycles. The third-order valence-electron chi connectivity index (χ3n) is 7.56. The molecular weight excluding hydrogens is 456 g/mol. The fourth-order valence-corrected chi connectivity index (χ4v) is 7.21. The van der Waals surface area contributed by atoms with Crippen molar-refractivity contribution < 1.29 is 22.8 Å². The number of anilines is 1. The first-order valence-corrected chi connectivity index (χ1v) is 13.7. The van der Waals surface area contributed by atoms with Gasteiger partial charge in [0.05, 0.1) is 4.90 Å². The topological polar surface area (TPSA) is 116 Å². The first-order valence-electron chi connectivity index (χ1n) is 12.3. The number of benzene rings is 1. The summed E-state index contributed by atoms with van der Waals surface area (Å²) in [6.45, 7) is 2.33. The van der Waals surface area contributed by atoms with E-state index in [1.807, 2.05) is 0 Å². The lowest BCUT2D eigenvalue weighted by atomic mass is 9.87. The molecule has 34 heavy (non-hydrogen) atoms. The first kappa shape index (κ1) is 23.3. The highest BCUT2D eigenvalue weighted by Gasteiger charge is 2.65. The van der Waals surface area contributed by atoms with Crippen molar-refractivity contribution in [3.63, 3.8) is 0 Å². The maximum Gasteiger partial charge on any atom is 0.325 e. The minimum atomic E-state index is -3.68. The molecule has 2 saturated carbocycles. The highest BCUT2D eigenvalue weighted by Crippen LogP contribution is 2.54. The Labute approximate surface area is 200 Å². The van der Waals surface area contributed by atoms with Gasteiger partial charge in [-0.1, -0.05) is 18.9 Å². The second-order valence-electron chi connectivity index (χ2n) is 10.1. The molecule has 4 amide bonds. The number of aryl methyl sites for hydroxylation is 1. The Kier molecular flexibility index (Phi) is 5.92. The number of nitrogens with one attached hydrogen (secondary N) is 2. The normalized spacial score (nSPS) is 23.5. The number of sulfonamides is 1. The van der Waals surface area contributed by atoms with Crippen molar-refractivity contribution in [3.05, 3.63) is 23.8 Å². The molecule has 0 atom stereocenters. The van der Waals surface area contributed by atoms with E-state index >= 15 is 0 Å². The molecule has 10 heteroatoms. The number of hydrogen-bond acceptors (Lipinski definition) is 5.